The lowest BCUT2D eigenvalue weighted by Crippen LogP contribution is -2.10. The van der Waals surface area contributed by atoms with Crippen LogP contribution >= 0.6 is 30.9 Å². The van der Waals surface area contributed by atoms with Crippen molar-refractivity contribution in [3.63, 3.8) is 0 Å². The van der Waals surface area contributed by atoms with Gasteiger partial charge in [0.25, 0.3) is 10.4 Å². The van der Waals surface area contributed by atoms with E-state index < -0.39 is 20.6 Å². The minimum absolute atomic E-state index is 0.00941. The Labute approximate surface area is 120 Å². The molecule has 0 saturated carbocycles. The minimum Gasteiger partial charge on any atom is -0.366 e. The molecule has 2 heterocycles. The first-order valence-corrected chi connectivity index (χ1v) is 7.74. The van der Waals surface area contributed by atoms with E-state index in [1.165, 1.54) is 12.4 Å². The van der Waals surface area contributed by atoms with Crippen LogP contribution in [0.5, 0.6) is 10.4 Å². The fourth-order valence-electron chi connectivity index (χ4n) is 0.863. The molecule has 20 heavy (non-hydrogen) atoms. The molecule has 0 aliphatic heterocycles. The Morgan fingerprint density at radius 1 is 0.950 bits per heavy atom. The first-order valence-electron chi connectivity index (χ1n) is 4.76. The molecule has 0 aliphatic rings. The van der Waals surface area contributed by atoms with Gasteiger partial charge in [-0.05, 0) is 0 Å². The first kappa shape index (κ1) is 14.4. The Morgan fingerprint density at radius 3 is 1.75 bits per heavy atom. The monoisotopic (exact) mass is 336 g/mol. The number of hydrogen-bond donors (Lipinski definition) is 0. The normalized spacial score (nSPS) is 10.1. The molecule has 2 aromatic rings. The van der Waals surface area contributed by atoms with Crippen molar-refractivity contribution in [3.05, 3.63) is 23.2 Å². The van der Waals surface area contributed by atoms with Crippen molar-refractivity contribution in [2.45, 2.75) is 0 Å². The predicted octanol–water partition coefficient (Wildman–Crippen LogP) is 2.72. The molecule has 0 aliphatic carbocycles. The van der Waals surface area contributed by atoms with E-state index >= 15 is 0 Å². The number of nitrogens with zero attached hydrogens (tertiary/aromatic N) is 2. The molecule has 2 aromatic heterocycles. The number of carbonyl (C=O) groups excluding carboxylic acids is 2. The lowest BCUT2D eigenvalue weighted by Gasteiger charge is -2.04. The SMILES string of the molecule is O=C(Oc1nccs1)O[PH](=O)OC(=O)Oc1nccs1. The Hall–Kier alpha value is -1.97. The number of hydrogen-bond acceptors (Lipinski definition) is 11. The second-order valence-electron chi connectivity index (χ2n) is 2.75. The molecule has 0 bridgehead atoms. The number of rotatable bonds is 4. The van der Waals surface area contributed by atoms with Crippen molar-refractivity contribution in [3.8, 4) is 10.4 Å². The summed E-state index contributed by atoms with van der Waals surface area (Å²) in [7, 11) is -3.44. The zero-order chi connectivity index (χ0) is 14.4. The summed E-state index contributed by atoms with van der Waals surface area (Å²) in [5.74, 6) is 0. The van der Waals surface area contributed by atoms with Gasteiger partial charge in [0.15, 0.2) is 0 Å². The third kappa shape index (κ3) is 4.61. The topological polar surface area (TPSA) is 114 Å². The molecule has 0 amide bonds. The third-order valence-electron chi connectivity index (χ3n) is 1.49. The molecule has 0 saturated heterocycles. The van der Waals surface area contributed by atoms with Crippen LogP contribution in [-0.2, 0) is 13.6 Å². The standard InChI is InChI=1S/C8H5N2O7PS2/c11-7(14-5-9-1-3-19-5)16-18(13)17-8(12)15-6-10-2-4-20-6/h1-4,18H. The van der Waals surface area contributed by atoms with Crippen molar-refractivity contribution in [2.75, 3.05) is 0 Å². The summed E-state index contributed by atoms with van der Waals surface area (Å²) in [6.07, 6.45) is 0.202. The van der Waals surface area contributed by atoms with Gasteiger partial charge in [0, 0.05) is 23.2 Å². The lowest BCUT2D eigenvalue weighted by atomic mass is 11.0. The number of ether oxygens (including phenoxy) is 2. The average Bonchev–Trinajstić information content (AvgIpc) is 3.01. The Morgan fingerprint density at radius 2 is 1.40 bits per heavy atom. The zero-order valence-electron chi connectivity index (χ0n) is 9.38. The fourth-order valence-corrected chi connectivity index (χ4v) is 2.21. The maximum atomic E-state index is 11.2. The molecular formula is C8H5N2O7PS2. The van der Waals surface area contributed by atoms with E-state index in [1.807, 2.05) is 0 Å². The van der Waals surface area contributed by atoms with Crippen LogP contribution in [0.1, 0.15) is 0 Å². The van der Waals surface area contributed by atoms with Gasteiger partial charge >= 0.3 is 20.6 Å². The van der Waals surface area contributed by atoms with Crippen LogP contribution in [0.15, 0.2) is 23.2 Å². The second-order valence-corrected chi connectivity index (χ2v) is 5.38. The smallest absolute Gasteiger partial charge is 0.366 e. The van der Waals surface area contributed by atoms with Crippen LogP contribution < -0.4 is 9.47 Å². The molecule has 0 radical (unpaired) electrons. The number of aromatic nitrogens is 2. The van der Waals surface area contributed by atoms with Crippen molar-refractivity contribution in [2.24, 2.45) is 0 Å². The van der Waals surface area contributed by atoms with Crippen LogP contribution in [-0.4, -0.2) is 22.3 Å². The molecule has 0 spiro atoms. The highest BCUT2D eigenvalue weighted by molar-refractivity contribution is 7.34. The van der Waals surface area contributed by atoms with Gasteiger partial charge in [0.2, 0.25) is 0 Å². The first-order chi connectivity index (χ1) is 9.63. The average molecular weight is 336 g/mol. The highest BCUT2D eigenvalue weighted by atomic mass is 32.1. The molecule has 0 atom stereocenters. The zero-order valence-corrected chi connectivity index (χ0v) is 12.0. The van der Waals surface area contributed by atoms with E-state index in [9.17, 15) is 14.2 Å². The summed E-state index contributed by atoms with van der Waals surface area (Å²) >= 11 is 2.06. The van der Waals surface area contributed by atoms with E-state index in [-0.39, 0.29) is 10.4 Å². The molecule has 0 unspecified atom stereocenters. The largest absolute Gasteiger partial charge is 0.523 e. The Balaban J connectivity index is 1.74. The fraction of sp³-hybridized carbons (Fsp3) is 0. The molecule has 0 fully saturated rings. The van der Waals surface area contributed by atoms with Crippen LogP contribution in [0.4, 0.5) is 9.59 Å². The summed E-state index contributed by atoms with van der Waals surface area (Å²) in [5, 5.41) is 3.14. The van der Waals surface area contributed by atoms with Gasteiger partial charge in [-0.1, -0.05) is 22.7 Å². The van der Waals surface area contributed by atoms with Crippen LogP contribution in [0.3, 0.4) is 0 Å². The van der Waals surface area contributed by atoms with Gasteiger partial charge in [-0.3, -0.25) is 0 Å². The van der Waals surface area contributed by atoms with Gasteiger partial charge in [-0.2, -0.15) is 0 Å². The predicted molar refractivity (Wildman–Crippen MR) is 67.4 cm³/mol. The molecule has 9 nitrogen and oxygen atoms in total. The van der Waals surface area contributed by atoms with Crippen LogP contribution in [0.2, 0.25) is 0 Å². The van der Waals surface area contributed by atoms with E-state index in [0.29, 0.717) is 0 Å². The lowest BCUT2D eigenvalue weighted by molar-refractivity contribution is 0.132. The summed E-state index contributed by atoms with van der Waals surface area (Å²) in [5.41, 5.74) is 0. The van der Waals surface area contributed by atoms with Crippen molar-refractivity contribution < 1.29 is 32.7 Å². The molecular weight excluding hydrogens is 331 g/mol. The molecule has 106 valence electrons. The van der Waals surface area contributed by atoms with Crippen molar-refractivity contribution in [1.29, 1.82) is 0 Å². The van der Waals surface area contributed by atoms with E-state index in [2.05, 4.69) is 28.5 Å². The quantitative estimate of drug-likeness (QED) is 0.614. The second kappa shape index (κ2) is 6.98. The summed E-state index contributed by atoms with van der Waals surface area (Å²) < 4.78 is 28.8. The highest BCUT2D eigenvalue weighted by Gasteiger charge is 2.18. The summed E-state index contributed by atoms with van der Waals surface area (Å²) in [6, 6.07) is 0. The third-order valence-corrected chi connectivity index (χ3v) is 3.46. The number of carbonyl (C=O) groups is 2. The number of thiazole rings is 2. The van der Waals surface area contributed by atoms with E-state index in [0.717, 1.165) is 22.7 Å². The minimum atomic E-state index is -3.44. The maximum Gasteiger partial charge on any atom is 0.523 e. The molecule has 0 aromatic carbocycles. The van der Waals surface area contributed by atoms with Gasteiger partial charge < -0.3 is 18.5 Å². The van der Waals surface area contributed by atoms with Gasteiger partial charge in [0.05, 0.1) is 0 Å². The maximum absolute atomic E-state index is 11.2. The Kier molecular flexibility index (Phi) is 5.04. The van der Waals surface area contributed by atoms with E-state index in [4.69, 9.17) is 0 Å². The van der Waals surface area contributed by atoms with Crippen LogP contribution in [0.25, 0.3) is 0 Å². The van der Waals surface area contributed by atoms with Gasteiger partial charge in [-0.25, -0.2) is 24.1 Å². The van der Waals surface area contributed by atoms with Crippen molar-refractivity contribution >= 4 is 43.2 Å². The van der Waals surface area contributed by atoms with Crippen LogP contribution in [0, 0.1) is 0 Å². The van der Waals surface area contributed by atoms with E-state index in [1.54, 1.807) is 10.8 Å². The molecule has 12 heteroatoms. The van der Waals surface area contributed by atoms with Gasteiger partial charge in [-0.15, -0.1) is 0 Å². The molecule has 2 rings (SSSR count). The highest BCUT2D eigenvalue weighted by Crippen LogP contribution is 2.27. The van der Waals surface area contributed by atoms with Gasteiger partial charge in [0.1, 0.15) is 0 Å². The Bertz CT molecular complexity index is 548. The molecule has 0 N–H and O–H groups in total. The summed E-state index contributed by atoms with van der Waals surface area (Å²) in [6.45, 7) is 0. The summed E-state index contributed by atoms with van der Waals surface area (Å²) in [4.78, 5) is 29.5. The van der Waals surface area contributed by atoms with Crippen molar-refractivity contribution in [1.82, 2.24) is 9.97 Å².